The van der Waals surface area contributed by atoms with E-state index in [4.69, 9.17) is 24.8 Å². The molecule has 0 aromatic carbocycles. The summed E-state index contributed by atoms with van der Waals surface area (Å²) in [5.41, 5.74) is 8.59. The Hall–Kier alpha value is -0.890. The van der Waals surface area contributed by atoms with Crippen LogP contribution in [-0.2, 0) is 14.2 Å². The first-order valence-corrected chi connectivity index (χ1v) is 6.32. The van der Waals surface area contributed by atoms with Gasteiger partial charge in [-0.25, -0.2) is 0 Å². The summed E-state index contributed by atoms with van der Waals surface area (Å²) < 4.78 is 16.1. The second kappa shape index (κ2) is 8.31. The van der Waals surface area contributed by atoms with Gasteiger partial charge in [0.25, 0.3) is 0 Å². The molecule has 1 rings (SSSR count). The maximum Gasteiger partial charge on any atom is 0.184 e. The number of rotatable bonds is 7. The topological polar surface area (TPSA) is 117 Å². The number of aliphatic hydroxyl groups is 2. The molecule has 1 saturated heterocycles. The van der Waals surface area contributed by atoms with Crippen LogP contribution in [0.1, 0.15) is 19.8 Å². The van der Waals surface area contributed by atoms with Gasteiger partial charge in [0.15, 0.2) is 6.29 Å². The quantitative estimate of drug-likeness (QED) is 0.305. The molecule has 8 heteroatoms. The second-order valence-corrected chi connectivity index (χ2v) is 4.34. The van der Waals surface area contributed by atoms with E-state index in [0.717, 1.165) is 12.8 Å². The summed E-state index contributed by atoms with van der Waals surface area (Å²) in [6.07, 6.45) is -1.65. The van der Waals surface area contributed by atoms with Gasteiger partial charge in [0.1, 0.15) is 12.2 Å². The Morgan fingerprint density at radius 2 is 2.21 bits per heavy atom. The minimum absolute atomic E-state index is 0.389. The highest BCUT2D eigenvalue weighted by molar-refractivity contribution is 4.95. The fourth-order valence-electron chi connectivity index (χ4n) is 1.98. The molecule has 1 aliphatic heterocycles. The average molecular weight is 275 g/mol. The maximum atomic E-state index is 10.0. The summed E-state index contributed by atoms with van der Waals surface area (Å²) >= 11 is 0. The molecule has 1 heterocycles. The van der Waals surface area contributed by atoms with E-state index < -0.39 is 30.6 Å². The van der Waals surface area contributed by atoms with Crippen LogP contribution in [0, 0.1) is 0 Å². The largest absolute Gasteiger partial charge is 0.394 e. The number of methoxy groups -OCH3 is 1. The molecule has 0 amide bonds. The molecule has 3 unspecified atom stereocenters. The first-order chi connectivity index (χ1) is 9.19. The van der Waals surface area contributed by atoms with E-state index in [-0.39, 0.29) is 6.61 Å². The standard InChI is InChI=1S/C11H21N3O5/c1-3-4-5-18-10-8(13-14-12)9(16)7(6-15)19-11(10)17-2/h7-11,15-16H,3-6H2,1-2H3/t7?,8?,9-,10?,11-/m1/s1. The molecule has 0 spiro atoms. The molecular weight excluding hydrogens is 254 g/mol. The minimum Gasteiger partial charge on any atom is -0.394 e. The lowest BCUT2D eigenvalue weighted by Gasteiger charge is -2.41. The first kappa shape index (κ1) is 16.2. The van der Waals surface area contributed by atoms with Crippen molar-refractivity contribution < 1.29 is 24.4 Å². The summed E-state index contributed by atoms with van der Waals surface area (Å²) in [6, 6.07) is -0.849. The molecule has 1 aliphatic rings. The van der Waals surface area contributed by atoms with Gasteiger partial charge in [-0.05, 0) is 12.0 Å². The van der Waals surface area contributed by atoms with Crippen LogP contribution in [0.25, 0.3) is 10.4 Å². The van der Waals surface area contributed by atoms with Crippen molar-refractivity contribution in [2.24, 2.45) is 5.11 Å². The van der Waals surface area contributed by atoms with Crippen LogP contribution < -0.4 is 0 Å². The summed E-state index contributed by atoms with van der Waals surface area (Å²) in [4.78, 5) is 2.72. The van der Waals surface area contributed by atoms with Crippen molar-refractivity contribution in [1.82, 2.24) is 0 Å². The number of hydrogen-bond donors (Lipinski definition) is 2. The van der Waals surface area contributed by atoms with Crippen LogP contribution in [0.4, 0.5) is 0 Å². The van der Waals surface area contributed by atoms with E-state index in [1.807, 2.05) is 6.92 Å². The Labute approximate surface area is 111 Å². The fraction of sp³-hybridized carbons (Fsp3) is 1.00. The summed E-state index contributed by atoms with van der Waals surface area (Å²) in [5.74, 6) is 0. The third-order valence-electron chi connectivity index (χ3n) is 3.05. The highest BCUT2D eigenvalue weighted by Gasteiger charge is 2.45. The first-order valence-electron chi connectivity index (χ1n) is 6.32. The molecule has 0 radical (unpaired) electrons. The van der Waals surface area contributed by atoms with Gasteiger partial charge in [-0.15, -0.1) is 0 Å². The third kappa shape index (κ3) is 4.04. The summed E-state index contributed by atoms with van der Waals surface area (Å²) in [7, 11) is 1.43. The molecule has 5 atom stereocenters. The Kier molecular flexibility index (Phi) is 7.07. The number of ether oxygens (including phenoxy) is 3. The van der Waals surface area contributed by atoms with Crippen LogP contribution >= 0.6 is 0 Å². The van der Waals surface area contributed by atoms with Crippen LogP contribution in [0.5, 0.6) is 0 Å². The van der Waals surface area contributed by atoms with Crippen molar-refractivity contribution in [1.29, 1.82) is 0 Å². The van der Waals surface area contributed by atoms with E-state index in [2.05, 4.69) is 10.0 Å². The van der Waals surface area contributed by atoms with Gasteiger partial charge in [-0.1, -0.05) is 18.5 Å². The molecule has 1 fully saturated rings. The zero-order valence-corrected chi connectivity index (χ0v) is 11.2. The molecule has 2 N–H and O–H groups in total. The lowest BCUT2D eigenvalue weighted by Crippen LogP contribution is -2.59. The highest BCUT2D eigenvalue weighted by atomic mass is 16.7. The Bertz CT molecular complexity index is 311. The SMILES string of the molecule is CCCCOC1C(N=[N+]=[N-])[C@H](O)C(CO)O[C@H]1OC. The van der Waals surface area contributed by atoms with Crippen molar-refractivity contribution in [3.63, 3.8) is 0 Å². The lowest BCUT2D eigenvalue weighted by atomic mass is 9.97. The van der Waals surface area contributed by atoms with E-state index in [9.17, 15) is 5.11 Å². The average Bonchev–Trinajstić information content (AvgIpc) is 2.43. The number of azide groups is 1. The molecule has 0 aromatic heterocycles. The smallest absolute Gasteiger partial charge is 0.184 e. The fourth-order valence-corrected chi connectivity index (χ4v) is 1.98. The zero-order chi connectivity index (χ0) is 14.3. The van der Waals surface area contributed by atoms with Gasteiger partial charge in [-0.2, -0.15) is 0 Å². The number of hydrogen-bond acceptors (Lipinski definition) is 6. The van der Waals surface area contributed by atoms with Crippen molar-refractivity contribution in [3.8, 4) is 0 Å². The van der Waals surface area contributed by atoms with Gasteiger partial charge in [0.05, 0.1) is 18.8 Å². The number of unbranched alkanes of at least 4 members (excludes halogenated alkanes) is 1. The summed E-state index contributed by atoms with van der Waals surface area (Å²) in [5, 5.41) is 22.7. The van der Waals surface area contributed by atoms with E-state index in [1.165, 1.54) is 7.11 Å². The number of aliphatic hydroxyl groups excluding tert-OH is 2. The summed E-state index contributed by atoms with van der Waals surface area (Å²) in [6.45, 7) is 2.09. The molecular formula is C11H21N3O5. The molecule has 0 aliphatic carbocycles. The minimum atomic E-state index is -1.13. The van der Waals surface area contributed by atoms with E-state index in [0.29, 0.717) is 6.61 Å². The molecule has 19 heavy (non-hydrogen) atoms. The van der Waals surface area contributed by atoms with Crippen molar-refractivity contribution in [2.45, 2.75) is 50.4 Å². The monoisotopic (exact) mass is 275 g/mol. The third-order valence-corrected chi connectivity index (χ3v) is 3.05. The van der Waals surface area contributed by atoms with Crippen molar-refractivity contribution >= 4 is 0 Å². The zero-order valence-electron chi connectivity index (χ0n) is 11.2. The van der Waals surface area contributed by atoms with Gasteiger partial charge in [-0.3, -0.25) is 0 Å². The van der Waals surface area contributed by atoms with Gasteiger partial charge >= 0.3 is 0 Å². The maximum absolute atomic E-state index is 10.0. The number of nitrogens with zero attached hydrogens (tertiary/aromatic N) is 3. The van der Waals surface area contributed by atoms with Crippen LogP contribution in [0.2, 0.25) is 0 Å². The highest BCUT2D eigenvalue weighted by Crippen LogP contribution is 2.26. The van der Waals surface area contributed by atoms with E-state index in [1.54, 1.807) is 0 Å². The van der Waals surface area contributed by atoms with Gasteiger partial charge < -0.3 is 24.4 Å². The van der Waals surface area contributed by atoms with E-state index >= 15 is 0 Å². The van der Waals surface area contributed by atoms with Crippen molar-refractivity contribution in [2.75, 3.05) is 20.3 Å². The Morgan fingerprint density at radius 3 is 2.74 bits per heavy atom. The predicted molar refractivity (Wildman–Crippen MR) is 66.3 cm³/mol. The predicted octanol–water partition coefficient (Wildman–Crippen LogP) is 0.575. The molecule has 0 aromatic rings. The lowest BCUT2D eigenvalue weighted by molar-refractivity contribution is -0.277. The Balaban J connectivity index is 2.82. The van der Waals surface area contributed by atoms with Crippen LogP contribution in [-0.4, -0.2) is 61.2 Å². The van der Waals surface area contributed by atoms with Crippen LogP contribution in [0.3, 0.4) is 0 Å². The normalized spacial score (nSPS) is 34.8. The molecule has 0 bridgehead atoms. The van der Waals surface area contributed by atoms with Crippen molar-refractivity contribution in [3.05, 3.63) is 10.4 Å². The van der Waals surface area contributed by atoms with Gasteiger partial charge in [0, 0.05) is 18.6 Å². The molecule has 0 saturated carbocycles. The Morgan fingerprint density at radius 1 is 1.47 bits per heavy atom. The van der Waals surface area contributed by atoms with Crippen LogP contribution in [0.15, 0.2) is 5.11 Å². The second-order valence-electron chi connectivity index (χ2n) is 4.34. The molecule has 110 valence electrons. The van der Waals surface area contributed by atoms with Gasteiger partial charge in [0.2, 0.25) is 0 Å². The molecule has 8 nitrogen and oxygen atoms in total.